The average molecular weight is 237 g/mol. The van der Waals surface area contributed by atoms with Gasteiger partial charge in [-0.25, -0.2) is 0 Å². The third kappa shape index (κ3) is 2.09. The van der Waals surface area contributed by atoms with Gasteiger partial charge in [-0.2, -0.15) is 4.98 Å². The predicted molar refractivity (Wildman–Crippen MR) is 61.5 cm³/mol. The van der Waals surface area contributed by atoms with E-state index in [0.717, 1.165) is 25.1 Å². The van der Waals surface area contributed by atoms with E-state index in [4.69, 9.17) is 15.0 Å². The van der Waals surface area contributed by atoms with Crippen LogP contribution in [0.3, 0.4) is 0 Å². The quantitative estimate of drug-likeness (QED) is 0.856. The summed E-state index contributed by atoms with van der Waals surface area (Å²) in [6.07, 6.45) is 5.69. The number of rotatable bonds is 4. The molecule has 2 aliphatic heterocycles. The van der Waals surface area contributed by atoms with Gasteiger partial charge in [0.15, 0.2) is 5.82 Å². The fraction of sp³-hybridized carbons (Fsp3) is 0.833. The summed E-state index contributed by atoms with van der Waals surface area (Å²) in [5.41, 5.74) is 5.88. The Kier molecular flexibility index (Phi) is 2.88. The first-order chi connectivity index (χ1) is 8.26. The predicted octanol–water partition coefficient (Wildman–Crippen LogP) is 1.38. The molecular weight excluding hydrogens is 218 g/mol. The van der Waals surface area contributed by atoms with E-state index in [1.165, 1.54) is 6.42 Å². The van der Waals surface area contributed by atoms with E-state index in [0.29, 0.717) is 30.4 Å². The molecule has 0 amide bonds. The summed E-state index contributed by atoms with van der Waals surface area (Å²) in [6.45, 7) is 2.06. The van der Waals surface area contributed by atoms with Crippen LogP contribution in [-0.2, 0) is 11.2 Å². The Labute approximate surface area is 101 Å². The van der Waals surface area contributed by atoms with Gasteiger partial charge in [0.2, 0.25) is 5.89 Å². The summed E-state index contributed by atoms with van der Waals surface area (Å²) >= 11 is 0. The van der Waals surface area contributed by atoms with Crippen molar-refractivity contribution in [2.24, 2.45) is 5.73 Å². The molecule has 2 aliphatic rings. The molecule has 2 fully saturated rings. The summed E-state index contributed by atoms with van der Waals surface area (Å²) < 4.78 is 11.1. The van der Waals surface area contributed by atoms with E-state index in [1.807, 2.05) is 0 Å². The Hall–Kier alpha value is -0.940. The van der Waals surface area contributed by atoms with Crippen molar-refractivity contribution in [1.82, 2.24) is 10.1 Å². The molecule has 0 aromatic carbocycles. The second kappa shape index (κ2) is 4.38. The maximum absolute atomic E-state index is 5.88. The van der Waals surface area contributed by atoms with Gasteiger partial charge in [0.05, 0.1) is 18.1 Å². The minimum absolute atomic E-state index is 0.111. The molecule has 0 aliphatic carbocycles. The van der Waals surface area contributed by atoms with Gasteiger partial charge in [0.25, 0.3) is 0 Å². The maximum atomic E-state index is 5.88. The average Bonchev–Trinajstić information content (AvgIpc) is 3.03. The first kappa shape index (κ1) is 11.2. The molecule has 4 atom stereocenters. The maximum Gasteiger partial charge on any atom is 0.228 e. The molecular formula is C12H19N3O2. The van der Waals surface area contributed by atoms with Crippen molar-refractivity contribution < 1.29 is 9.26 Å². The van der Waals surface area contributed by atoms with Crippen LogP contribution in [0.4, 0.5) is 0 Å². The van der Waals surface area contributed by atoms with Gasteiger partial charge in [-0.3, -0.25) is 0 Å². The molecule has 4 unspecified atom stereocenters. The third-order valence-electron chi connectivity index (χ3n) is 3.88. The van der Waals surface area contributed by atoms with E-state index in [2.05, 4.69) is 17.1 Å². The van der Waals surface area contributed by atoms with Crippen molar-refractivity contribution in [2.45, 2.75) is 63.2 Å². The fourth-order valence-electron chi connectivity index (χ4n) is 2.78. The second-order valence-electron chi connectivity index (χ2n) is 5.13. The molecule has 2 saturated heterocycles. The first-order valence-corrected chi connectivity index (χ1v) is 6.49. The van der Waals surface area contributed by atoms with E-state index in [9.17, 15) is 0 Å². The molecule has 2 N–H and O–H groups in total. The molecule has 1 aromatic rings. The SMILES string of the molecule is CCC(N)Cc1nc(C2CC3CCC2O3)no1. The highest BCUT2D eigenvalue weighted by Gasteiger charge is 2.43. The molecule has 0 radical (unpaired) electrons. The molecule has 17 heavy (non-hydrogen) atoms. The zero-order valence-electron chi connectivity index (χ0n) is 10.1. The van der Waals surface area contributed by atoms with Crippen molar-refractivity contribution in [3.63, 3.8) is 0 Å². The van der Waals surface area contributed by atoms with Crippen LogP contribution in [0.1, 0.15) is 50.2 Å². The number of hydrogen-bond acceptors (Lipinski definition) is 5. The topological polar surface area (TPSA) is 74.2 Å². The van der Waals surface area contributed by atoms with Crippen molar-refractivity contribution in [2.75, 3.05) is 0 Å². The van der Waals surface area contributed by atoms with E-state index in [1.54, 1.807) is 0 Å². The minimum Gasteiger partial charge on any atom is -0.374 e. The normalized spacial score (nSPS) is 33.2. The smallest absolute Gasteiger partial charge is 0.228 e. The van der Waals surface area contributed by atoms with Crippen molar-refractivity contribution in [1.29, 1.82) is 0 Å². The highest BCUT2D eigenvalue weighted by molar-refractivity contribution is 5.07. The zero-order chi connectivity index (χ0) is 11.8. The van der Waals surface area contributed by atoms with Gasteiger partial charge in [-0.15, -0.1) is 0 Å². The number of fused-ring (bicyclic) bond motifs is 2. The molecule has 0 spiro atoms. The van der Waals surface area contributed by atoms with Gasteiger partial charge in [-0.05, 0) is 25.7 Å². The summed E-state index contributed by atoms with van der Waals surface area (Å²) in [7, 11) is 0. The lowest BCUT2D eigenvalue weighted by atomic mass is 9.89. The van der Waals surface area contributed by atoms with Crippen LogP contribution in [0.2, 0.25) is 0 Å². The van der Waals surface area contributed by atoms with Gasteiger partial charge in [0.1, 0.15) is 0 Å². The fourth-order valence-corrected chi connectivity index (χ4v) is 2.78. The molecule has 94 valence electrons. The summed E-state index contributed by atoms with van der Waals surface area (Å²) in [6, 6.07) is 0.111. The minimum atomic E-state index is 0.111. The van der Waals surface area contributed by atoms with Gasteiger partial charge >= 0.3 is 0 Å². The van der Waals surface area contributed by atoms with Crippen LogP contribution in [0.5, 0.6) is 0 Å². The Balaban J connectivity index is 1.68. The lowest BCUT2D eigenvalue weighted by Crippen LogP contribution is -2.21. The van der Waals surface area contributed by atoms with Gasteiger partial charge in [-0.1, -0.05) is 12.1 Å². The van der Waals surface area contributed by atoms with E-state index >= 15 is 0 Å². The number of ether oxygens (including phenoxy) is 1. The number of hydrogen-bond donors (Lipinski definition) is 1. The summed E-state index contributed by atoms with van der Waals surface area (Å²) in [5, 5.41) is 4.08. The summed E-state index contributed by atoms with van der Waals surface area (Å²) in [5.74, 6) is 1.82. The number of aromatic nitrogens is 2. The number of nitrogens with two attached hydrogens (primary N) is 1. The highest BCUT2D eigenvalue weighted by Crippen LogP contribution is 2.43. The van der Waals surface area contributed by atoms with Crippen LogP contribution in [-0.4, -0.2) is 28.4 Å². The molecule has 2 bridgehead atoms. The lowest BCUT2D eigenvalue weighted by Gasteiger charge is -2.13. The third-order valence-corrected chi connectivity index (χ3v) is 3.88. The van der Waals surface area contributed by atoms with Crippen LogP contribution in [0, 0.1) is 0 Å². The van der Waals surface area contributed by atoms with Crippen molar-refractivity contribution in [3.8, 4) is 0 Å². The molecule has 3 heterocycles. The standard InChI is InChI=1S/C12H19N3O2/c1-2-7(13)5-11-14-12(15-17-11)9-6-8-3-4-10(9)16-8/h7-10H,2-6,13H2,1H3. The Bertz CT molecular complexity index is 393. The molecule has 3 rings (SSSR count). The zero-order valence-corrected chi connectivity index (χ0v) is 10.1. The van der Waals surface area contributed by atoms with Crippen LogP contribution < -0.4 is 5.73 Å². The van der Waals surface area contributed by atoms with Crippen LogP contribution in [0.15, 0.2) is 4.52 Å². The largest absolute Gasteiger partial charge is 0.374 e. The van der Waals surface area contributed by atoms with Crippen LogP contribution >= 0.6 is 0 Å². The Morgan fingerprint density at radius 2 is 2.35 bits per heavy atom. The number of nitrogens with zero attached hydrogens (tertiary/aromatic N) is 2. The van der Waals surface area contributed by atoms with E-state index in [-0.39, 0.29) is 6.04 Å². The van der Waals surface area contributed by atoms with Gasteiger partial charge in [0, 0.05) is 12.5 Å². The van der Waals surface area contributed by atoms with Gasteiger partial charge < -0.3 is 15.0 Å². The molecule has 0 saturated carbocycles. The van der Waals surface area contributed by atoms with Crippen LogP contribution in [0.25, 0.3) is 0 Å². The Morgan fingerprint density at radius 1 is 1.47 bits per heavy atom. The highest BCUT2D eigenvalue weighted by atomic mass is 16.5. The molecule has 1 aromatic heterocycles. The lowest BCUT2D eigenvalue weighted by molar-refractivity contribution is 0.0996. The van der Waals surface area contributed by atoms with E-state index < -0.39 is 0 Å². The molecule has 5 nitrogen and oxygen atoms in total. The Morgan fingerprint density at radius 3 is 3.00 bits per heavy atom. The monoisotopic (exact) mass is 237 g/mol. The molecule has 5 heteroatoms. The summed E-state index contributed by atoms with van der Waals surface area (Å²) in [4.78, 5) is 4.46. The second-order valence-corrected chi connectivity index (χ2v) is 5.13. The van der Waals surface area contributed by atoms with Crippen molar-refractivity contribution >= 4 is 0 Å². The first-order valence-electron chi connectivity index (χ1n) is 6.49. The van der Waals surface area contributed by atoms with Crippen molar-refractivity contribution in [3.05, 3.63) is 11.7 Å².